The van der Waals surface area contributed by atoms with Gasteiger partial charge in [-0.3, -0.25) is 0 Å². The summed E-state index contributed by atoms with van der Waals surface area (Å²) in [4.78, 5) is 0. The smallest absolute Gasteiger partial charge is 0.374 e. The third-order valence-corrected chi connectivity index (χ3v) is 11.6. The molecule has 0 aromatic carbocycles. The summed E-state index contributed by atoms with van der Waals surface area (Å²) in [5.74, 6) is 0. The van der Waals surface area contributed by atoms with Crippen molar-refractivity contribution in [1.29, 1.82) is 0 Å². The van der Waals surface area contributed by atoms with Gasteiger partial charge < -0.3 is 13.3 Å². The van der Waals surface area contributed by atoms with Gasteiger partial charge in [-0.1, -0.05) is 104 Å². The number of alkyl halides is 9. The number of hydrogen-bond acceptors (Lipinski definition) is 3. The van der Waals surface area contributed by atoms with Crippen LogP contribution in [-0.4, -0.2) is 45.4 Å². The molecular formula is C12H19Cl9O3Si. The van der Waals surface area contributed by atoms with Crippen molar-refractivity contribution in [2.75, 3.05) is 19.8 Å². The van der Waals surface area contributed by atoms with E-state index in [9.17, 15) is 0 Å². The van der Waals surface area contributed by atoms with Crippen LogP contribution in [-0.2, 0) is 13.3 Å². The second-order valence-electron chi connectivity index (χ2n) is 4.83. The van der Waals surface area contributed by atoms with Crippen LogP contribution in [0.25, 0.3) is 0 Å². The summed E-state index contributed by atoms with van der Waals surface area (Å²) < 4.78 is 8.42. The normalized spacial score (nSPS) is 14.9. The fraction of sp³-hybridized carbons (Fsp3) is 1.00. The van der Waals surface area contributed by atoms with E-state index in [2.05, 4.69) is 0 Å². The van der Waals surface area contributed by atoms with Crippen molar-refractivity contribution in [3.05, 3.63) is 0 Å². The molecule has 0 amide bonds. The summed E-state index contributed by atoms with van der Waals surface area (Å²) in [6.45, 7) is 6.56. The van der Waals surface area contributed by atoms with Gasteiger partial charge in [-0.2, -0.15) is 0 Å². The molecule has 0 aliphatic heterocycles. The van der Waals surface area contributed by atoms with Gasteiger partial charge in [0.25, 0.3) is 0 Å². The van der Waals surface area contributed by atoms with Crippen LogP contribution in [0.2, 0.25) is 6.04 Å². The average molecular weight is 558 g/mol. The third-order valence-electron chi connectivity index (χ3n) is 3.05. The second kappa shape index (κ2) is 10.7. The van der Waals surface area contributed by atoms with Crippen molar-refractivity contribution in [3.8, 4) is 0 Å². The minimum atomic E-state index is -3.06. The lowest BCUT2D eigenvalue weighted by Gasteiger charge is -2.44. The van der Waals surface area contributed by atoms with Crippen molar-refractivity contribution in [3.63, 3.8) is 0 Å². The van der Waals surface area contributed by atoms with Crippen molar-refractivity contribution >= 4 is 113 Å². The monoisotopic (exact) mass is 554 g/mol. The van der Waals surface area contributed by atoms with Crippen LogP contribution in [0, 0.1) is 0 Å². The van der Waals surface area contributed by atoms with Crippen LogP contribution in [0.1, 0.15) is 27.2 Å². The molecule has 0 rings (SSSR count). The van der Waals surface area contributed by atoms with Crippen molar-refractivity contribution in [2.45, 2.75) is 50.0 Å². The van der Waals surface area contributed by atoms with Crippen molar-refractivity contribution in [2.24, 2.45) is 0 Å². The minimum absolute atomic E-state index is 0.0444. The molecule has 3 nitrogen and oxygen atoms in total. The van der Waals surface area contributed by atoms with E-state index in [4.69, 9.17) is 118 Å². The molecule has 0 aliphatic carbocycles. The first kappa shape index (κ1) is 27.7. The lowest BCUT2D eigenvalue weighted by Crippen LogP contribution is -2.57. The van der Waals surface area contributed by atoms with Gasteiger partial charge in [-0.05, 0) is 27.2 Å². The Kier molecular flexibility index (Phi) is 11.8. The quantitative estimate of drug-likeness (QED) is 0.197. The molecule has 0 radical (unpaired) electrons. The Balaban J connectivity index is 5.52. The highest BCUT2D eigenvalue weighted by Gasteiger charge is 2.68. The van der Waals surface area contributed by atoms with E-state index in [1.54, 1.807) is 0 Å². The predicted molar refractivity (Wildman–Crippen MR) is 114 cm³/mol. The van der Waals surface area contributed by atoms with Gasteiger partial charge >= 0.3 is 8.80 Å². The van der Waals surface area contributed by atoms with Gasteiger partial charge in [-0.15, -0.1) is 0 Å². The molecule has 13 heteroatoms. The van der Waals surface area contributed by atoms with E-state index in [1.165, 1.54) is 0 Å². The van der Waals surface area contributed by atoms with Crippen LogP contribution >= 0.6 is 104 Å². The highest BCUT2D eigenvalue weighted by molar-refractivity contribution is 6.80. The van der Waals surface area contributed by atoms with E-state index < -0.39 is 25.6 Å². The maximum atomic E-state index is 6.34. The van der Waals surface area contributed by atoms with Crippen LogP contribution < -0.4 is 0 Å². The Bertz CT molecular complexity index is 398. The SMILES string of the molecule is CCO[Si](CCC(Cl)(Cl)C(Cl)(Cl)C(Cl)(Cl)C(Cl)(Cl)Cl)(OCC)OCC. The van der Waals surface area contributed by atoms with E-state index in [0.29, 0.717) is 19.8 Å². The zero-order valence-electron chi connectivity index (χ0n) is 13.7. The first-order valence-corrected chi connectivity index (χ1v) is 12.6. The lowest BCUT2D eigenvalue weighted by molar-refractivity contribution is 0.0704. The van der Waals surface area contributed by atoms with Gasteiger partial charge in [0.1, 0.15) is 0 Å². The molecule has 0 heterocycles. The van der Waals surface area contributed by atoms with Gasteiger partial charge in [0, 0.05) is 25.9 Å². The van der Waals surface area contributed by atoms with Crippen molar-refractivity contribution in [1.82, 2.24) is 0 Å². The minimum Gasteiger partial charge on any atom is -0.374 e. The fourth-order valence-corrected chi connectivity index (χ4v) is 7.05. The van der Waals surface area contributed by atoms with Gasteiger partial charge in [0.05, 0.1) is 0 Å². The van der Waals surface area contributed by atoms with Crippen LogP contribution in [0.4, 0.5) is 0 Å². The number of halogens is 9. The summed E-state index contributed by atoms with van der Waals surface area (Å²) >= 11 is 54.6. The average Bonchev–Trinajstić information content (AvgIpc) is 2.44. The molecule has 152 valence electrons. The zero-order valence-corrected chi connectivity index (χ0v) is 21.5. The molecule has 0 saturated carbocycles. The maximum Gasteiger partial charge on any atom is 0.501 e. The van der Waals surface area contributed by atoms with Gasteiger partial charge in [0.15, 0.2) is 13.0 Å². The van der Waals surface area contributed by atoms with Crippen LogP contribution in [0.15, 0.2) is 0 Å². The molecule has 0 N–H and O–H groups in total. The maximum absolute atomic E-state index is 6.34. The highest BCUT2D eigenvalue weighted by Crippen LogP contribution is 2.63. The number of rotatable bonds is 11. The second-order valence-corrected chi connectivity index (χ2v) is 14.0. The molecule has 25 heavy (non-hydrogen) atoms. The molecule has 0 saturated heterocycles. The van der Waals surface area contributed by atoms with Gasteiger partial charge in [-0.25, -0.2) is 0 Å². The molecule has 0 unspecified atom stereocenters. The lowest BCUT2D eigenvalue weighted by atomic mass is 10.1. The molecule has 0 bridgehead atoms. The molecule has 0 aromatic heterocycles. The Morgan fingerprint density at radius 3 is 1.28 bits per heavy atom. The standard InChI is InChI=1S/C12H19Cl9O3Si/c1-4-22-25(23-5-2,24-6-3)8-7-9(13,14)10(15,16)11(17,18)12(19,20)21/h4-8H2,1-3H3. The zero-order chi connectivity index (χ0) is 20.2. The largest absolute Gasteiger partial charge is 0.501 e. The molecule has 0 atom stereocenters. The van der Waals surface area contributed by atoms with Crippen LogP contribution in [0.3, 0.4) is 0 Å². The van der Waals surface area contributed by atoms with Crippen molar-refractivity contribution < 1.29 is 13.3 Å². The van der Waals surface area contributed by atoms with E-state index in [1.807, 2.05) is 20.8 Å². The fourth-order valence-electron chi connectivity index (χ4n) is 1.88. The molecule has 0 spiro atoms. The summed E-state index contributed by atoms with van der Waals surface area (Å²) in [6.07, 6.45) is -0.0444. The number of hydrogen-bond donors (Lipinski definition) is 0. The summed E-state index contributed by atoms with van der Waals surface area (Å²) in [5, 5.41) is 0. The first-order chi connectivity index (χ1) is 11.1. The molecule has 0 aromatic rings. The van der Waals surface area contributed by atoms with E-state index in [0.717, 1.165) is 0 Å². The van der Waals surface area contributed by atoms with E-state index >= 15 is 0 Å². The Morgan fingerprint density at radius 1 is 0.640 bits per heavy atom. The molecule has 0 fully saturated rings. The Hall–Kier alpha value is 2.71. The predicted octanol–water partition coefficient (Wildman–Crippen LogP) is 7.32. The topological polar surface area (TPSA) is 27.7 Å². The highest BCUT2D eigenvalue weighted by atomic mass is 35.6. The third kappa shape index (κ3) is 6.87. The van der Waals surface area contributed by atoms with E-state index in [-0.39, 0.29) is 12.5 Å². The molecular weight excluding hydrogens is 539 g/mol. The summed E-state index contributed by atoms with van der Waals surface area (Å²) in [5.41, 5.74) is 0. The van der Waals surface area contributed by atoms with Gasteiger partial charge in [0.2, 0.25) is 3.79 Å². The Labute approximate surface area is 195 Å². The summed E-state index contributed by atoms with van der Waals surface area (Å²) in [6, 6.07) is 0.195. The Morgan fingerprint density at radius 2 is 1.00 bits per heavy atom. The summed E-state index contributed by atoms with van der Waals surface area (Å²) in [7, 11) is -3.06. The van der Waals surface area contributed by atoms with Crippen LogP contribution in [0.5, 0.6) is 0 Å². The first-order valence-electron chi connectivity index (χ1n) is 7.26. The molecule has 0 aliphatic rings.